The van der Waals surface area contributed by atoms with E-state index in [1.165, 1.54) is 13.0 Å². The van der Waals surface area contributed by atoms with Crippen molar-refractivity contribution in [2.75, 3.05) is 6.54 Å². The zero-order valence-electron chi connectivity index (χ0n) is 9.12. The van der Waals surface area contributed by atoms with Crippen molar-refractivity contribution >= 4 is 11.9 Å². The monoisotopic (exact) mass is 214 g/mol. The van der Waals surface area contributed by atoms with E-state index in [0.717, 1.165) is 13.0 Å². The van der Waals surface area contributed by atoms with Crippen molar-refractivity contribution in [2.45, 2.75) is 20.3 Å². The average molecular weight is 214 g/mol. The van der Waals surface area contributed by atoms with E-state index in [1.807, 2.05) is 6.92 Å². The average Bonchev–Trinajstić information content (AvgIpc) is 2.13. The molecule has 0 radical (unpaired) electrons. The zero-order valence-corrected chi connectivity index (χ0v) is 9.12. The fourth-order valence-corrected chi connectivity index (χ4v) is 0.369. The summed E-state index contributed by atoms with van der Waals surface area (Å²) >= 11 is 0. The molecule has 0 aromatic carbocycles. The second kappa shape index (κ2) is 10.3. The van der Waals surface area contributed by atoms with Crippen molar-refractivity contribution in [2.24, 2.45) is 5.73 Å². The van der Waals surface area contributed by atoms with Crippen molar-refractivity contribution in [1.29, 1.82) is 0 Å². The van der Waals surface area contributed by atoms with Crippen LogP contribution in [0.1, 0.15) is 20.3 Å². The summed E-state index contributed by atoms with van der Waals surface area (Å²) < 4.78 is 0. The molecular weight excluding hydrogens is 196 g/mol. The molecule has 5 heteroatoms. The number of primary amides is 1. The third-order valence-electron chi connectivity index (χ3n) is 1.12. The topological polar surface area (TPSA) is 92.4 Å². The number of rotatable bonds is 5. The molecule has 0 spiro atoms. The third kappa shape index (κ3) is 18.9. The van der Waals surface area contributed by atoms with Gasteiger partial charge in [-0.2, -0.15) is 0 Å². The van der Waals surface area contributed by atoms with Gasteiger partial charge in [0, 0.05) is 24.4 Å². The van der Waals surface area contributed by atoms with Gasteiger partial charge in [0.05, 0.1) is 0 Å². The lowest BCUT2D eigenvalue weighted by Crippen LogP contribution is -2.10. The molecular formula is C10H18N2O3. The van der Waals surface area contributed by atoms with Gasteiger partial charge in [-0.3, -0.25) is 4.79 Å². The van der Waals surface area contributed by atoms with Gasteiger partial charge in [-0.05, 0) is 13.3 Å². The second-order valence-corrected chi connectivity index (χ2v) is 2.78. The van der Waals surface area contributed by atoms with Crippen LogP contribution in [0.4, 0.5) is 0 Å². The Morgan fingerprint density at radius 2 is 2.00 bits per heavy atom. The fourth-order valence-electron chi connectivity index (χ4n) is 0.369. The normalized spacial score (nSPS) is 8.93. The van der Waals surface area contributed by atoms with Crippen LogP contribution in [-0.4, -0.2) is 23.5 Å². The molecule has 0 aliphatic heterocycles. The first-order chi connectivity index (χ1) is 6.91. The molecule has 0 aliphatic rings. The van der Waals surface area contributed by atoms with Gasteiger partial charge in [-0.1, -0.05) is 13.5 Å². The van der Waals surface area contributed by atoms with Gasteiger partial charge in [0.25, 0.3) is 0 Å². The molecule has 0 saturated heterocycles. The standard InChI is InChI=1S/C6H12N2O.C4H6O2/c1-2-4-8-5-3-6(7)9;1-3(2)4(5)6/h3,5,8H,2,4H2,1H3,(H2,7,9);1H2,2H3,(H,5,6). The highest BCUT2D eigenvalue weighted by atomic mass is 16.4. The number of hydrogen-bond donors (Lipinski definition) is 3. The van der Waals surface area contributed by atoms with Gasteiger partial charge in [0.1, 0.15) is 0 Å². The smallest absolute Gasteiger partial charge is 0.330 e. The predicted octanol–water partition coefficient (Wildman–Crippen LogP) is 0.632. The van der Waals surface area contributed by atoms with Crippen LogP contribution in [0.2, 0.25) is 0 Å². The second-order valence-electron chi connectivity index (χ2n) is 2.78. The summed E-state index contributed by atoms with van der Waals surface area (Å²) in [6, 6.07) is 0. The summed E-state index contributed by atoms with van der Waals surface area (Å²) in [5.41, 5.74) is 4.98. The number of nitrogens with two attached hydrogens (primary N) is 1. The van der Waals surface area contributed by atoms with E-state index < -0.39 is 11.9 Å². The Morgan fingerprint density at radius 1 is 1.53 bits per heavy atom. The van der Waals surface area contributed by atoms with Crippen LogP contribution >= 0.6 is 0 Å². The SMILES string of the molecule is C=C(C)C(=O)O.CCCNC=CC(N)=O. The Balaban J connectivity index is 0. The van der Waals surface area contributed by atoms with Crippen LogP contribution in [0.5, 0.6) is 0 Å². The first-order valence-corrected chi connectivity index (χ1v) is 4.50. The number of nitrogens with one attached hydrogen (secondary N) is 1. The highest BCUT2D eigenvalue weighted by molar-refractivity contribution is 5.85. The van der Waals surface area contributed by atoms with Crippen LogP contribution < -0.4 is 11.1 Å². The van der Waals surface area contributed by atoms with Gasteiger partial charge < -0.3 is 16.2 Å². The van der Waals surface area contributed by atoms with Gasteiger partial charge >= 0.3 is 5.97 Å². The van der Waals surface area contributed by atoms with Gasteiger partial charge in [0.2, 0.25) is 5.91 Å². The maximum absolute atomic E-state index is 10.1. The molecule has 1 amide bonds. The number of carbonyl (C=O) groups is 2. The molecule has 5 nitrogen and oxygen atoms in total. The first-order valence-electron chi connectivity index (χ1n) is 4.50. The van der Waals surface area contributed by atoms with Crippen LogP contribution in [-0.2, 0) is 9.59 Å². The van der Waals surface area contributed by atoms with Crippen molar-refractivity contribution < 1.29 is 14.7 Å². The number of carboxylic acids is 1. The molecule has 0 unspecified atom stereocenters. The Kier molecular flexibility index (Phi) is 10.8. The molecule has 0 aliphatic carbocycles. The van der Waals surface area contributed by atoms with E-state index in [9.17, 15) is 9.59 Å². The van der Waals surface area contributed by atoms with Crippen molar-refractivity contribution in [3.05, 3.63) is 24.4 Å². The van der Waals surface area contributed by atoms with Crippen molar-refractivity contribution in [1.82, 2.24) is 5.32 Å². The Hall–Kier alpha value is -1.78. The summed E-state index contributed by atoms with van der Waals surface area (Å²) in [5, 5.41) is 10.8. The van der Waals surface area contributed by atoms with Crippen LogP contribution in [0.3, 0.4) is 0 Å². The summed E-state index contributed by atoms with van der Waals surface area (Å²) in [7, 11) is 0. The molecule has 0 aromatic rings. The molecule has 4 N–H and O–H groups in total. The predicted molar refractivity (Wildman–Crippen MR) is 59.1 cm³/mol. The molecule has 0 fully saturated rings. The molecule has 0 rings (SSSR count). The molecule has 15 heavy (non-hydrogen) atoms. The van der Waals surface area contributed by atoms with Crippen LogP contribution in [0.25, 0.3) is 0 Å². The largest absolute Gasteiger partial charge is 0.478 e. The maximum atomic E-state index is 10.1. The Labute approximate surface area is 89.7 Å². The minimum absolute atomic E-state index is 0.176. The highest BCUT2D eigenvalue weighted by Gasteiger charge is 1.90. The minimum atomic E-state index is -0.935. The summed E-state index contributed by atoms with van der Waals surface area (Å²) in [4.78, 5) is 19.7. The van der Waals surface area contributed by atoms with Gasteiger partial charge in [-0.15, -0.1) is 0 Å². The lowest BCUT2D eigenvalue weighted by Gasteiger charge is -1.92. The highest BCUT2D eigenvalue weighted by Crippen LogP contribution is 1.81. The lowest BCUT2D eigenvalue weighted by molar-refractivity contribution is -0.132. The summed E-state index contributed by atoms with van der Waals surface area (Å²) in [6.45, 7) is 7.53. The maximum Gasteiger partial charge on any atom is 0.330 e. The van der Waals surface area contributed by atoms with E-state index in [4.69, 9.17) is 10.8 Å². The van der Waals surface area contributed by atoms with Crippen molar-refractivity contribution in [3.63, 3.8) is 0 Å². The van der Waals surface area contributed by atoms with Crippen molar-refractivity contribution in [3.8, 4) is 0 Å². The molecule has 0 heterocycles. The zero-order chi connectivity index (χ0) is 12.3. The van der Waals surface area contributed by atoms with E-state index in [0.29, 0.717) is 0 Å². The molecule has 0 saturated carbocycles. The number of aliphatic carboxylic acids is 1. The molecule has 0 atom stereocenters. The Bertz CT molecular complexity index is 235. The Morgan fingerprint density at radius 3 is 2.27 bits per heavy atom. The quantitative estimate of drug-likeness (QED) is 0.462. The fraction of sp³-hybridized carbons (Fsp3) is 0.400. The molecule has 86 valence electrons. The number of carboxylic acid groups (broad SMARTS) is 1. The van der Waals surface area contributed by atoms with Gasteiger partial charge in [-0.25, -0.2) is 4.79 Å². The first kappa shape index (κ1) is 15.7. The van der Waals surface area contributed by atoms with E-state index in [1.54, 1.807) is 6.20 Å². The molecule has 0 bridgehead atoms. The number of carbonyl (C=O) groups excluding carboxylic acids is 1. The number of hydrogen-bond acceptors (Lipinski definition) is 3. The van der Waals surface area contributed by atoms with Crippen LogP contribution in [0.15, 0.2) is 24.4 Å². The number of amides is 1. The molecule has 0 aromatic heterocycles. The van der Waals surface area contributed by atoms with Gasteiger partial charge in [0.15, 0.2) is 0 Å². The summed E-state index contributed by atoms with van der Waals surface area (Å²) in [6.07, 6.45) is 3.91. The van der Waals surface area contributed by atoms with E-state index >= 15 is 0 Å². The van der Waals surface area contributed by atoms with E-state index in [-0.39, 0.29) is 5.57 Å². The van der Waals surface area contributed by atoms with E-state index in [2.05, 4.69) is 11.9 Å². The third-order valence-corrected chi connectivity index (χ3v) is 1.12. The lowest BCUT2D eigenvalue weighted by atomic mass is 10.4. The minimum Gasteiger partial charge on any atom is -0.478 e. The van der Waals surface area contributed by atoms with Crippen LogP contribution in [0, 0.1) is 0 Å². The summed E-state index contributed by atoms with van der Waals surface area (Å²) in [5.74, 6) is -1.35.